The van der Waals surface area contributed by atoms with Gasteiger partial charge < -0.3 is 0 Å². The van der Waals surface area contributed by atoms with Crippen LogP contribution in [0.4, 0.5) is 0 Å². The quantitative estimate of drug-likeness (QED) is 0.351. The molecule has 1 nitrogen and oxygen atoms in total. The molecule has 0 radical (unpaired) electrons. The summed E-state index contributed by atoms with van der Waals surface area (Å²) in [6.07, 6.45) is 2.85. The Labute approximate surface area is 43.3 Å². The molecule has 1 rings (SSSR count). The van der Waals surface area contributed by atoms with Gasteiger partial charge >= 0.3 is 5.70 Å². The van der Waals surface area contributed by atoms with Crippen LogP contribution in [-0.4, -0.2) is 17.5 Å². The molecule has 0 saturated carbocycles. The maximum atomic E-state index is 3.59. The second-order valence-electron chi connectivity index (χ2n) is 1.61. The van der Waals surface area contributed by atoms with Crippen molar-refractivity contribution in [3.05, 3.63) is 18.4 Å². The molecule has 0 bridgehead atoms. The Balaban J connectivity index is 2.26. The van der Waals surface area contributed by atoms with E-state index in [2.05, 4.69) is 12.4 Å². The zero-order chi connectivity index (χ0) is 5.28. The number of hydrogen-bond acceptors (Lipinski definition) is 0. The van der Waals surface area contributed by atoms with Gasteiger partial charge in [0.1, 0.15) is 7.05 Å². The molecule has 0 aromatic heterocycles. The van der Waals surface area contributed by atoms with Crippen LogP contribution in [0.2, 0.25) is 0 Å². The summed E-state index contributed by atoms with van der Waals surface area (Å²) in [5, 5.41) is 0. The van der Waals surface area contributed by atoms with Crippen LogP contribution in [0.1, 0.15) is 6.42 Å². The van der Waals surface area contributed by atoms with Gasteiger partial charge in [-0.3, -0.25) is 0 Å². The third kappa shape index (κ3) is 0.787. The van der Waals surface area contributed by atoms with Crippen LogP contribution in [-0.2, 0) is 0 Å². The lowest BCUT2D eigenvalue weighted by Crippen LogP contribution is -1.80. The normalized spacial score (nSPS) is 15.0. The van der Waals surface area contributed by atoms with Gasteiger partial charge in [-0.1, -0.05) is 6.08 Å². The first-order valence-electron chi connectivity index (χ1n) is 2.31. The Bertz CT molecular complexity index is 159. The van der Waals surface area contributed by atoms with E-state index in [0.29, 0.717) is 0 Å². The van der Waals surface area contributed by atoms with Gasteiger partial charge in [-0.15, -0.1) is 11.2 Å². The largest absolute Gasteiger partial charge is 0.302 e. The predicted octanol–water partition coefficient (Wildman–Crippen LogP) is 0.772. The summed E-state index contributed by atoms with van der Waals surface area (Å²) in [6, 6.07) is 0. The smallest absolute Gasteiger partial charge is 0.139 e. The van der Waals surface area contributed by atoms with Crippen molar-refractivity contribution in [2.24, 2.45) is 0 Å². The molecule has 7 heavy (non-hydrogen) atoms. The summed E-state index contributed by atoms with van der Waals surface area (Å²) in [6.45, 7) is 3.59. The lowest BCUT2D eigenvalue weighted by molar-refractivity contribution is -0.390. The summed E-state index contributed by atoms with van der Waals surface area (Å²) in [5.41, 5.74) is 1.26. The van der Waals surface area contributed by atoms with Crippen LogP contribution in [0.25, 0.3) is 0 Å². The van der Waals surface area contributed by atoms with E-state index in [1.165, 1.54) is 5.70 Å². The van der Waals surface area contributed by atoms with Crippen LogP contribution in [0, 0.1) is 0 Å². The van der Waals surface area contributed by atoms with E-state index >= 15 is 0 Å². The first-order chi connectivity index (χ1) is 3.34. The van der Waals surface area contributed by atoms with Crippen LogP contribution in [0.5, 0.6) is 0 Å². The van der Waals surface area contributed by atoms with Gasteiger partial charge in [0.25, 0.3) is 0 Å². The highest BCUT2D eigenvalue weighted by Gasteiger charge is 2.19. The second-order valence-corrected chi connectivity index (χ2v) is 1.61. The van der Waals surface area contributed by atoms with Gasteiger partial charge in [-0.2, -0.15) is 0 Å². The van der Waals surface area contributed by atoms with Crippen molar-refractivity contribution >= 4 is 5.87 Å². The second kappa shape index (κ2) is 1.36. The molecule has 1 aliphatic heterocycles. The average molecular weight is 94.1 g/mol. The van der Waals surface area contributed by atoms with E-state index in [9.17, 15) is 0 Å². The Kier molecular flexibility index (Phi) is 0.844. The number of nitrogens with zero attached hydrogens (tertiary/aromatic N) is 1. The predicted molar refractivity (Wildman–Crippen MR) is 29.5 cm³/mol. The molecular weight excluding hydrogens is 86.1 g/mol. The van der Waals surface area contributed by atoms with E-state index in [4.69, 9.17) is 0 Å². The van der Waals surface area contributed by atoms with Crippen molar-refractivity contribution in [1.29, 1.82) is 0 Å². The SMILES string of the molecule is C=CCC1=C=[N+]1C. The molecule has 0 aliphatic carbocycles. The molecule has 1 heteroatoms. The van der Waals surface area contributed by atoms with E-state index in [0.717, 1.165) is 6.42 Å². The van der Waals surface area contributed by atoms with Crippen molar-refractivity contribution in [2.45, 2.75) is 6.42 Å². The molecule has 0 aromatic carbocycles. The van der Waals surface area contributed by atoms with Crippen molar-refractivity contribution in [3.8, 4) is 0 Å². The molecule has 0 atom stereocenters. The maximum absolute atomic E-state index is 3.59. The van der Waals surface area contributed by atoms with Gasteiger partial charge in [0.05, 0.1) is 6.42 Å². The highest BCUT2D eigenvalue weighted by Crippen LogP contribution is 2.03. The van der Waals surface area contributed by atoms with E-state index in [1.54, 1.807) is 0 Å². The minimum absolute atomic E-state index is 0.969. The fourth-order valence-electron chi connectivity index (χ4n) is 0.488. The molecule has 0 saturated heterocycles. The highest BCUT2D eigenvalue weighted by molar-refractivity contribution is 5.59. The van der Waals surface area contributed by atoms with Crippen molar-refractivity contribution in [1.82, 2.24) is 0 Å². The topological polar surface area (TPSA) is 3.01 Å². The standard InChI is InChI=1S/C6H8N/c1-3-4-6-5-7(6)2/h3H,1,4H2,2H3/q+1. The van der Waals surface area contributed by atoms with Crippen molar-refractivity contribution < 1.29 is 4.58 Å². The van der Waals surface area contributed by atoms with Crippen LogP contribution >= 0.6 is 0 Å². The summed E-state index contributed by atoms with van der Waals surface area (Å²) < 4.78 is 1.97. The first kappa shape index (κ1) is 4.35. The molecule has 0 aromatic rings. The van der Waals surface area contributed by atoms with Gasteiger partial charge in [-0.25, -0.2) is 0 Å². The third-order valence-corrected chi connectivity index (χ3v) is 0.989. The average Bonchev–Trinajstić information content (AvgIpc) is 2.22. The summed E-state index contributed by atoms with van der Waals surface area (Å²) in [5.74, 6) is 3.01. The maximum Gasteiger partial charge on any atom is 0.302 e. The van der Waals surface area contributed by atoms with E-state index in [1.807, 2.05) is 17.7 Å². The Morgan fingerprint density at radius 3 is 2.71 bits per heavy atom. The summed E-state index contributed by atoms with van der Waals surface area (Å²) in [4.78, 5) is 0. The van der Waals surface area contributed by atoms with Crippen LogP contribution < -0.4 is 0 Å². The molecular formula is C6H8N+. The number of rotatable bonds is 2. The van der Waals surface area contributed by atoms with Crippen molar-refractivity contribution in [2.75, 3.05) is 7.05 Å². The summed E-state index contributed by atoms with van der Waals surface area (Å²) >= 11 is 0. The number of hydrogen-bond donors (Lipinski definition) is 0. The monoisotopic (exact) mass is 94.1 g/mol. The molecule has 1 aliphatic rings. The van der Waals surface area contributed by atoms with Gasteiger partial charge in [-0.05, 0) is 0 Å². The zero-order valence-corrected chi connectivity index (χ0v) is 4.44. The van der Waals surface area contributed by atoms with Gasteiger partial charge in [0, 0.05) is 0 Å². The van der Waals surface area contributed by atoms with Crippen LogP contribution in [0.3, 0.4) is 0 Å². The lowest BCUT2D eigenvalue weighted by Gasteiger charge is -1.69. The molecule has 0 amide bonds. The molecule has 1 heterocycles. The van der Waals surface area contributed by atoms with Gasteiger partial charge in [0.2, 0.25) is 5.87 Å². The first-order valence-corrected chi connectivity index (χ1v) is 2.31. The van der Waals surface area contributed by atoms with Crippen molar-refractivity contribution in [3.63, 3.8) is 0 Å². The van der Waals surface area contributed by atoms with E-state index < -0.39 is 0 Å². The molecule has 0 unspecified atom stereocenters. The van der Waals surface area contributed by atoms with Crippen LogP contribution in [0.15, 0.2) is 18.4 Å². The highest BCUT2D eigenvalue weighted by atomic mass is 15.0. The minimum Gasteiger partial charge on any atom is -0.139 e. The zero-order valence-electron chi connectivity index (χ0n) is 4.44. The Hall–Kier alpha value is -0.810. The van der Waals surface area contributed by atoms with Gasteiger partial charge in [0.15, 0.2) is 0 Å². The molecule has 36 valence electrons. The fourth-order valence-corrected chi connectivity index (χ4v) is 0.488. The minimum atomic E-state index is 0.969. The Morgan fingerprint density at radius 1 is 2.00 bits per heavy atom. The van der Waals surface area contributed by atoms with E-state index in [-0.39, 0.29) is 0 Å². The molecule has 0 spiro atoms. The fraction of sp³-hybridized carbons (Fsp3) is 0.333. The molecule has 0 fully saturated rings. The molecule has 0 N–H and O–H groups in total. The summed E-state index contributed by atoms with van der Waals surface area (Å²) in [7, 11) is 1.98. The third-order valence-electron chi connectivity index (χ3n) is 0.989. The Morgan fingerprint density at radius 2 is 2.57 bits per heavy atom. The number of allylic oxidation sites excluding steroid dienone is 1. The lowest BCUT2D eigenvalue weighted by atomic mass is 10.4.